The summed E-state index contributed by atoms with van der Waals surface area (Å²) in [5, 5.41) is 3.65. The van der Waals surface area contributed by atoms with Crippen LogP contribution in [0.3, 0.4) is 0 Å². The quantitative estimate of drug-likeness (QED) is 0.781. The van der Waals surface area contributed by atoms with E-state index in [0.717, 1.165) is 18.6 Å². The maximum Gasteiger partial charge on any atom is 0.0253 e. The van der Waals surface area contributed by atoms with Crippen molar-refractivity contribution in [1.82, 2.24) is 15.1 Å². The number of likely N-dealkylation sites (tertiary alicyclic amines) is 1. The molecule has 0 aromatic heterocycles. The summed E-state index contributed by atoms with van der Waals surface area (Å²) in [7, 11) is 0. The molecule has 3 aliphatic rings. The zero-order valence-corrected chi connectivity index (χ0v) is 11.6. The lowest BCUT2D eigenvalue weighted by atomic mass is 9.97. The molecule has 2 aliphatic heterocycles. The monoisotopic (exact) mass is 237 g/mol. The largest absolute Gasteiger partial charge is 0.309 e. The molecule has 98 valence electrons. The predicted octanol–water partition coefficient (Wildman–Crippen LogP) is 1.30. The highest BCUT2D eigenvalue weighted by molar-refractivity contribution is 4.98. The smallest absolute Gasteiger partial charge is 0.0253 e. The van der Waals surface area contributed by atoms with Crippen LogP contribution in [0.25, 0.3) is 0 Å². The lowest BCUT2D eigenvalue weighted by molar-refractivity contribution is 0.0646. The number of hydrogen-bond donors (Lipinski definition) is 1. The van der Waals surface area contributed by atoms with Crippen LogP contribution in [0, 0.1) is 0 Å². The van der Waals surface area contributed by atoms with E-state index in [-0.39, 0.29) is 0 Å². The van der Waals surface area contributed by atoms with Crippen LogP contribution in [0.4, 0.5) is 0 Å². The Morgan fingerprint density at radius 3 is 2.59 bits per heavy atom. The molecule has 1 N–H and O–H groups in total. The van der Waals surface area contributed by atoms with Crippen molar-refractivity contribution in [3.05, 3.63) is 0 Å². The van der Waals surface area contributed by atoms with Crippen LogP contribution in [0.5, 0.6) is 0 Å². The number of rotatable bonds is 2. The molecule has 3 rings (SSSR count). The molecule has 2 atom stereocenters. The molecular weight excluding hydrogens is 210 g/mol. The molecule has 2 saturated heterocycles. The molecule has 0 aromatic carbocycles. The fourth-order valence-electron chi connectivity index (χ4n) is 3.51. The Bertz CT molecular complexity index is 285. The van der Waals surface area contributed by atoms with Crippen molar-refractivity contribution in [2.45, 2.75) is 63.7 Å². The Kier molecular flexibility index (Phi) is 2.96. The Morgan fingerprint density at radius 2 is 1.88 bits per heavy atom. The molecule has 17 heavy (non-hydrogen) atoms. The van der Waals surface area contributed by atoms with Crippen molar-refractivity contribution in [3.8, 4) is 0 Å². The van der Waals surface area contributed by atoms with Gasteiger partial charge < -0.3 is 5.32 Å². The number of hydrogen-bond acceptors (Lipinski definition) is 3. The van der Waals surface area contributed by atoms with Crippen molar-refractivity contribution >= 4 is 0 Å². The molecule has 0 amide bonds. The van der Waals surface area contributed by atoms with E-state index >= 15 is 0 Å². The summed E-state index contributed by atoms with van der Waals surface area (Å²) >= 11 is 0. The Balaban J connectivity index is 1.62. The normalized spacial score (nSPS) is 39.7. The first-order valence-corrected chi connectivity index (χ1v) is 7.30. The molecule has 2 unspecified atom stereocenters. The third-order valence-corrected chi connectivity index (χ3v) is 4.75. The van der Waals surface area contributed by atoms with Gasteiger partial charge in [0.1, 0.15) is 0 Å². The van der Waals surface area contributed by atoms with Gasteiger partial charge in [0.15, 0.2) is 0 Å². The topological polar surface area (TPSA) is 18.5 Å². The van der Waals surface area contributed by atoms with Crippen LogP contribution < -0.4 is 5.32 Å². The Hall–Kier alpha value is -0.120. The second-order valence-corrected chi connectivity index (χ2v) is 6.95. The molecule has 3 nitrogen and oxygen atoms in total. The van der Waals surface area contributed by atoms with E-state index in [9.17, 15) is 0 Å². The molecule has 0 spiro atoms. The Morgan fingerprint density at radius 1 is 1.12 bits per heavy atom. The second-order valence-electron chi connectivity index (χ2n) is 6.95. The van der Waals surface area contributed by atoms with Gasteiger partial charge in [0.25, 0.3) is 0 Å². The Labute approximate surface area is 106 Å². The number of nitrogens with one attached hydrogen (secondary N) is 1. The molecule has 1 saturated carbocycles. The van der Waals surface area contributed by atoms with Gasteiger partial charge in [-0.15, -0.1) is 0 Å². The average Bonchev–Trinajstić information content (AvgIpc) is 3.01. The fraction of sp³-hybridized carbons (Fsp3) is 1.00. The molecule has 0 radical (unpaired) electrons. The third-order valence-electron chi connectivity index (χ3n) is 4.75. The summed E-state index contributed by atoms with van der Waals surface area (Å²) < 4.78 is 0. The molecule has 0 aromatic rings. The van der Waals surface area contributed by atoms with Gasteiger partial charge in [0.05, 0.1) is 0 Å². The lowest BCUT2D eigenvalue weighted by Crippen LogP contribution is -2.63. The van der Waals surface area contributed by atoms with Gasteiger partial charge in [0.2, 0.25) is 0 Å². The summed E-state index contributed by atoms with van der Waals surface area (Å²) in [5.74, 6) is 0. The highest BCUT2D eigenvalue weighted by Crippen LogP contribution is 2.32. The maximum absolute atomic E-state index is 3.65. The summed E-state index contributed by atoms with van der Waals surface area (Å²) in [6, 6.07) is 2.46. The number of nitrogens with zero attached hydrogens (tertiary/aromatic N) is 2. The standard InChI is InChI=1S/C14H27N3/c1-11-8-15-14(2,3)10-17(11)13-6-7-16(9-13)12-4-5-12/h11-13,15H,4-10H2,1-3H3. The summed E-state index contributed by atoms with van der Waals surface area (Å²) in [6.45, 7) is 12.1. The van der Waals surface area contributed by atoms with Crippen LogP contribution in [0.1, 0.15) is 40.0 Å². The van der Waals surface area contributed by atoms with E-state index in [0.29, 0.717) is 11.6 Å². The van der Waals surface area contributed by atoms with Gasteiger partial charge in [0, 0.05) is 49.8 Å². The minimum absolute atomic E-state index is 0.291. The zero-order chi connectivity index (χ0) is 12.0. The van der Waals surface area contributed by atoms with E-state index in [1.807, 2.05) is 0 Å². The molecule has 2 heterocycles. The SMILES string of the molecule is CC1CNC(C)(C)CN1C1CCN(C2CC2)C1. The molecular formula is C14H27N3. The van der Waals surface area contributed by atoms with E-state index in [1.54, 1.807) is 0 Å². The van der Waals surface area contributed by atoms with Gasteiger partial charge >= 0.3 is 0 Å². The highest BCUT2D eigenvalue weighted by atomic mass is 15.3. The van der Waals surface area contributed by atoms with Crippen LogP contribution in [0.2, 0.25) is 0 Å². The second kappa shape index (κ2) is 4.22. The van der Waals surface area contributed by atoms with Gasteiger partial charge in [-0.2, -0.15) is 0 Å². The van der Waals surface area contributed by atoms with Gasteiger partial charge in [-0.05, 0) is 40.0 Å². The summed E-state index contributed by atoms with van der Waals surface area (Å²) in [6.07, 6.45) is 4.29. The molecule has 1 aliphatic carbocycles. The predicted molar refractivity (Wildman–Crippen MR) is 71.2 cm³/mol. The van der Waals surface area contributed by atoms with Crippen molar-refractivity contribution in [1.29, 1.82) is 0 Å². The first-order valence-electron chi connectivity index (χ1n) is 7.30. The van der Waals surface area contributed by atoms with Crippen molar-refractivity contribution in [2.75, 3.05) is 26.2 Å². The highest BCUT2D eigenvalue weighted by Gasteiger charge is 2.40. The number of piperazine rings is 1. The average molecular weight is 237 g/mol. The third kappa shape index (κ3) is 2.51. The van der Waals surface area contributed by atoms with Crippen LogP contribution in [-0.2, 0) is 0 Å². The van der Waals surface area contributed by atoms with E-state index < -0.39 is 0 Å². The van der Waals surface area contributed by atoms with Gasteiger partial charge in [-0.1, -0.05) is 0 Å². The van der Waals surface area contributed by atoms with Gasteiger partial charge in [-0.25, -0.2) is 0 Å². The lowest BCUT2D eigenvalue weighted by Gasteiger charge is -2.46. The van der Waals surface area contributed by atoms with Crippen molar-refractivity contribution in [2.24, 2.45) is 0 Å². The van der Waals surface area contributed by atoms with E-state index in [4.69, 9.17) is 0 Å². The maximum atomic E-state index is 3.65. The molecule has 3 fully saturated rings. The van der Waals surface area contributed by atoms with Crippen LogP contribution >= 0.6 is 0 Å². The first kappa shape index (κ1) is 11.9. The minimum atomic E-state index is 0.291. The van der Waals surface area contributed by atoms with Crippen molar-refractivity contribution < 1.29 is 0 Å². The minimum Gasteiger partial charge on any atom is -0.309 e. The van der Waals surface area contributed by atoms with Crippen molar-refractivity contribution in [3.63, 3.8) is 0 Å². The van der Waals surface area contributed by atoms with E-state index in [2.05, 4.69) is 35.9 Å². The molecule has 0 bridgehead atoms. The zero-order valence-electron chi connectivity index (χ0n) is 11.6. The van der Waals surface area contributed by atoms with Crippen LogP contribution in [-0.4, -0.2) is 59.6 Å². The summed E-state index contributed by atoms with van der Waals surface area (Å²) in [5.41, 5.74) is 0.291. The first-order chi connectivity index (χ1) is 8.05. The molecule has 3 heteroatoms. The van der Waals surface area contributed by atoms with Crippen LogP contribution in [0.15, 0.2) is 0 Å². The van der Waals surface area contributed by atoms with Gasteiger partial charge in [-0.3, -0.25) is 9.80 Å². The van der Waals surface area contributed by atoms with E-state index in [1.165, 1.54) is 38.9 Å². The fourth-order valence-corrected chi connectivity index (χ4v) is 3.51. The summed E-state index contributed by atoms with van der Waals surface area (Å²) in [4.78, 5) is 5.49.